The van der Waals surface area contributed by atoms with Gasteiger partial charge in [-0.3, -0.25) is 4.79 Å². The number of sulfone groups is 1. The van der Waals surface area contributed by atoms with Crippen LogP contribution >= 0.6 is 0 Å². The minimum absolute atomic E-state index is 0.230. The number of benzene rings is 1. The summed E-state index contributed by atoms with van der Waals surface area (Å²) >= 11 is 0. The van der Waals surface area contributed by atoms with E-state index < -0.39 is 43.7 Å². The van der Waals surface area contributed by atoms with Gasteiger partial charge in [-0.05, 0) is 37.8 Å². The summed E-state index contributed by atoms with van der Waals surface area (Å²) in [6.45, 7) is 0. The van der Waals surface area contributed by atoms with Crippen molar-refractivity contribution >= 4 is 15.6 Å². The normalized spacial score (nSPS) is 31.2. The zero-order valence-corrected chi connectivity index (χ0v) is 11.5. The van der Waals surface area contributed by atoms with Crippen molar-refractivity contribution in [1.29, 1.82) is 0 Å². The van der Waals surface area contributed by atoms with Crippen molar-refractivity contribution in [2.24, 2.45) is 5.92 Å². The number of Topliss-reactive ketones (excluding diaryl/α,β-unsaturated/α-hetero) is 1. The van der Waals surface area contributed by atoms with Crippen molar-refractivity contribution in [2.75, 3.05) is 0 Å². The Balaban J connectivity index is 1.89. The van der Waals surface area contributed by atoms with E-state index in [-0.39, 0.29) is 18.4 Å². The maximum atomic E-state index is 13.7. The van der Waals surface area contributed by atoms with Crippen molar-refractivity contribution in [2.45, 2.75) is 36.2 Å². The van der Waals surface area contributed by atoms with Gasteiger partial charge in [0.2, 0.25) is 0 Å². The Labute approximate surface area is 115 Å². The summed E-state index contributed by atoms with van der Waals surface area (Å²) in [4.78, 5) is 12.3. The molecule has 2 heterocycles. The molecule has 0 aromatic heterocycles. The van der Waals surface area contributed by atoms with Gasteiger partial charge < -0.3 is 0 Å². The summed E-state index contributed by atoms with van der Waals surface area (Å²) in [5.74, 6) is -3.19. The third kappa shape index (κ3) is 1.97. The van der Waals surface area contributed by atoms with Gasteiger partial charge in [-0.15, -0.1) is 0 Å². The van der Waals surface area contributed by atoms with Crippen LogP contribution in [0, 0.1) is 17.6 Å². The Morgan fingerprint density at radius 2 is 1.70 bits per heavy atom. The second-order valence-corrected chi connectivity index (χ2v) is 8.06. The molecule has 2 aliphatic rings. The number of hydrogen-bond acceptors (Lipinski definition) is 3. The minimum atomic E-state index is -3.12. The number of ketones is 1. The minimum Gasteiger partial charge on any atom is -0.294 e. The molecule has 0 N–H and O–H groups in total. The summed E-state index contributed by atoms with van der Waals surface area (Å²) in [7, 11) is -3.12. The molecular formula is C14H14F2O3S. The molecule has 2 unspecified atom stereocenters. The molecule has 3 rings (SSSR count). The Morgan fingerprint density at radius 1 is 1.10 bits per heavy atom. The van der Waals surface area contributed by atoms with E-state index in [9.17, 15) is 22.0 Å². The number of carbonyl (C=O) groups is 1. The lowest BCUT2D eigenvalue weighted by molar-refractivity contribution is 0.0900. The lowest BCUT2D eigenvalue weighted by Gasteiger charge is -2.27. The molecule has 20 heavy (non-hydrogen) atoms. The van der Waals surface area contributed by atoms with Gasteiger partial charge in [-0.25, -0.2) is 17.2 Å². The molecule has 6 heteroatoms. The van der Waals surface area contributed by atoms with Crippen LogP contribution in [0.15, 0.2) is 18.2 Å². The fraction of sp³-hybridized carbons (Fsp3) is 0.500. The number of rotatable bonds is 2. The average molecular weight is 300 g/mol. The van der Waals surface area contributed by atoms with Gasteiger partial charge in [0.15, 0.2) is 27.3 Å². The highest BCUT2D eigenvalue weighted by Gasteiger charge is 2.48. The zero-order valence-electron chi connectivity index (χ0n) is 10.7. The molecule has 2 aliphatic heterocycles. The molecule has 1 aromatic rings. The zero-order chi connectivity index (χ0) is 14.5. The summed E-state index contributed by atoms with van der Waals surface area (Å²) in [6.07, 6.45) is 1.60. The van der Waals surface area contributed by atoms with Gasteiger partial charge in [0.1, 0.15) is 0 Å². The van der Waals surface area contributed by atoms with E-state index in [0.29, 0.717) is 12.8 Å². The Morgan fingerprint density at radius 3 is 2.30 bits per heavy atom. The quantitative estimate of drug-likeness (QED) is 0.789. The molecule has 2 fully saturated rings. The van der Waals surface area contributed by atoms with E-state index in [1.165, 1.54) is 12.1 Å². The molecule has 2 bridgehead atoms. The van der Waals surface area contributed by atoms with Gasteiger partial charge in [-0.1, -0.05) is 6.07 Å². The summed E-state index contributed by atoms with van der Waals surface area (Å²) in [5.41, 5.74) is -0.270. The third-order valence-corrected chi connectivity index (χ3v) is 7.14. The van der Waals surface area contributed by atoms with E-state index in [4.69, 9.17) is 0 Å². The molecule has 108 valence electrons. The molecular weight excluding hydrogens is 286 g/mol. The van der Waals surface area contributed by atoms with E-state index in [1.807, 2.05) is 0 Å². The predicted molar refractivity (Wildman–Crippen MR) is 69.1 cm³/mol. The number of hydrogen-bond donors (Lipinski definition) is 0. The van der Waals surface area contributed by atoms with Gasteiger partial charge >= 0.3 is 0 Å². The molecule has 0 aliphatic carbocycles. The van der Waals surface area contributed by atoms with E-state index in [2.05, 4.69) is 0 Å². The smallest absolute Gasteiger partial charge is 0.169 e. The molecule has 2 saturated heterocycles. The number of fused-ring (bicyclic) bond motifs is 2. The highest BCUT2D eigenvalue weighted by Crippen LogP contribution is 2.42. The predicted octanol–water partition coefficient (Wildman–Crippen LogP) is 2.50. The van der Waals surface area contributed by atoms with Gasteiger partial charge in [-0.2, -0.15) is 0 Å². The molecule has 0 radical (unpaired) electrons. The fourth-order valence-corrected chi connectivity index (χ4v) is 5.81. The van der Waals surface area contributed by atoms with E-state index in [0.717, 1.165) is 6.07 Å². The Bertz CT molecular complexity index is 649. The molecule has 1 aromatic carbocycles. The van der Waals surface area contributed by atoms with Crippen LogP contribution in [0.2, 0.25) is 0 Å². The highest BCUT2D eigenvalue weighted by molar-refractivity contribution is 7.93. The van der Waals surface area contributed by atoms with E-state index >= 15 is 0 Å². The summed E-state index contributed by atoms with van der Waals surface area (Å²) in [6, 6.07) is 3.51. The number of halogens is 2. The topological polar surface area (TPSA) is 51.2 Å². The summed E-state index contributed by atoms with van der Waals surface area (Å²) < 4.78 is 50.7. The maximum Gasteiger partial charge on any atom is 0.169 e. The standard InChI is InChI=1S/C14H14F2O3S/c15-12-3-1-2-11(13(12)16)14(17)8-6-9-4-5-10(7-8)20(9,18)19/h1-3,8-10H,4-7H2. The van der Waals surface area contributed by atoms with Crippen LogP contribution in [0.1, 0.15) is 36.0 Å². The van der Waals surface area contributed by atoms with Crippen LogP contribution in [0.25, 0.3) is 0 Å². The Hall–Kier alpha value is -1.30. The molecule has 0 saturated carbocycles. The first-order chi connectivity index (χ1) is 9.41. The van der Waals surface area contributed by atoms with Gasteiger partial charge in [0, 0.05) is 5.92 Å². The van der Waals surface area contributed by atoms with Crippen LogP contribution in [0.5, 0.6) is 0 Å². The third-order valence-electron chi connectivity index (χ3n) is 4.42. The maximum absolute atomic E-state index is 13.7. The van der Waals surface area contributed by atoms with Crippen LogP contribution < -0.4 is 0 Å². The second kappa shape index (κ2) is 4.62. The first kappa shape index (κ1) is 13.7. The van der Waals surface area contributed by atoms with Crippen LogP contribution in [-0.4, -0.2) is 24.7 Å². The first-order valence-electron chi connectivity index (χ1n) is 6.62. The fourth-order valence-electron chi connectivity index (χ4n) is 3.34. The molecule has 0 spiro atoms. The van der Waals surface area contributed by atoms with Gasteiger partial charge in [0.25, 0.3) is 0 Å². The highest BCUT2D eigenvalue weighted by atomic mass is 32.2. The second-order valence-electron chi connectivity index (χ2n) is 5.54. The monoisotopic (exact) mass is 300 g/mol. The van der Waals surface area contributed by atoms with Crippen molar-refractivity contribution < 1.29 is 22.0 Å². The van der Waals surface area contributed by atoms with Crippen LogP contribution in [0.4, 0.5) is 8.78 Å². The molecule has 3 nitrogen and oxygen atoms in total. The SMILES string of the molecule is O=C(c1cccc(F)c1F)C1CC2CCC(C1)S2(=O)=O. The van der Waals surface area contributed by atoms with E-state index in [1.54, 1.807) is 0 Å². The lowest BCUT2D eigenvalue weighted by Crippen LogP contribution is -2.36. The summed E-state index contributed by atoms with van der Waals surface area (Å²) in [5, 5.41) is -0.987. The van der Waals surface area contributed by atoms with Crippen LogP contribution in [-0.2, 0) is 9.84 Å². The van der Waals surface area contributed by atoms with Crippen molar-refractivity contribution in [3.05, 3.63) is 35.4 Å². The number of carbonyl (C=O) groups excluding carboxylic acids is 1. The average Bonchev–Trinajstić information content (AvgIpc) is 2.60. The molecule has 2 atom stereocenters. The Kier molecular flexibility index (Phi) is 3.16. The van der Waals surface area contributed by atoms with Crippen LogP contribution in [0.3, 0.4) is 0 Å². The van der Waals surface area contributed by atoms with Crippen molar-refractivity contribution in [1.82, 2.24) is 0 Å². The van der Waals surface area contributed by atoms with Crippen molar-refractivity contribution in [3.63, 3.8) is 0 Å². The van der Waals surface area contributed by atoms with Gasteiger partial charge in [0.05, 0.1) is 16.1 Å². The first-order valence-corrected chi connectivity index (χ1v) is 8.23. The lowest BCUT2D eigenvalue weighted by atomic mass is 9.90. The molecule has 0 amide bonds. The van der Waals surface area contributed by atoms with Crippen molar-refractivity contribution in [3.8, 4) is 0 Å². The largest absolute Gasteiger partial charge is 0.294 e.